The summed E-state index contributed by atoms with van der Waals surface area (Å²) in [5, 5.41) is 28.2. The largest absolute Gasteiger partial charge is 0.386 e. The van der Waals surface area contributed by atoms with E-state index in [4.69, 9.17) is 22.0 Å². The van der Waals surface area contributed by atoms with Crippen LogP contribution >= 0.6 is 0 Å². The summed E-state index contributed by atoms with van der Waals surface area (Å²) in [6.07, 6.45) is 0. The van der Waals surface area contributed by atoms with Crippen LogP contribution in [0.5, 0.6) is 0 Å². The third kappa shape index (κ3) is 1.42. The summed E-state index contributed by atoms with van der Waals surface area (Å²) in [5.41, 5.74) is 9.80. The summed E-state index contributed by atoms with van der Waals surface area (Å²) in [4.78, 5) is 16.3. The molecule has 0 bridgehead atoms. The number of carbonyl (C=O) groups is 1. The molecule has 0 spiro atoms. The minimum Gasteiger partial charge on any atom is -0.386 e. The van der Waals surface area contributed by atoms with Crippen molar-refractivity contribution in [3.8, 4) is 18.2 Å². The van der Waals surface area contributed by atoms with Crippen LogP contribution < -0.4 is 11.5 Å². The molecule has 1 heterocycles. The van der Waals surface area contributed by atoms with Crippen molar-refractivity contribution in [2.75, 3.05) is 0 Å². The summed E-state index contributed by atoms with van der Waals surface area (Å²) < 4.78 is 0. The first-order chi connectivity index (χ1) is 11.4. The number of hydrogen-bond acceptors (Lipinski definition) is 6. The number of aliphatic imine (C=N–C) groups is 1. The van der Waals surface area contributed by atoms with Crippen molar-refractivity contribution in [2.24, 2.45) is 27.3 Å². The number of allylic oxidation sites excluding steroid dienone is 2. The quantitative estimate of drug-likeness (QED) is 0.770. The lowest BCUT2D eigenvalue weighted by molar-refractivity contribution is -0.121. The smallest absolute Gasteiger partial charge is 0.234 e. The zero-order chi connectivity index (χ0) is 17.7. The van der Waals surface area contributed by atoms with Crippen LogP contribution in [0, 0.1) is 51.7 Å². The number of aryl methyl sites for hydroxylation is 1. The standard InChI is InChI=1S/C17H12N6O/c1-9-2-4-10(5-3-9)12-16(8-20)13(11(6-18)7-19)23-14(21)17(12,16)15(22)24/h2-5,12H,1H3,(H2,21,23)(H2,22,24). The summed E-state index contributed by atoms with van der Waals surface area (Å²) in [6, 6.07) is 12.8. The van der Waals surface area contributed by atoms with E-state index in [0.717, 1.165) is 5.56 Å². The maximum absolute atomic E-state index is 12.3. The van der Waals surface area contributed by atoms with E-state index in [1.54, 1.807) is 24.3 Å². The van der Waals surface area contributed by atoms with Crippen molar-refractivity contribution in [1.82, 2.24) is 0 Å². The predicted molar refractivity (Wildman–Crippen MR) is 83.5 cm³/mol. The van der Waals surface area contributed by atoms with Crippen molar-refractivity contribution in [3.05, 3.63) is 46.7 Å². The number of amidine groups is 1. The van der Waals surface area contributed by atoms with Crippen LogP contribution in [0.3, 0.4) is 0 Å². The normalized spacial score (nSPS) is 29.5. The molecule has 7 heteroatoms. The van der Waals surface area contributed by atoms with Crippen LogP contribution in [0.25, 0.3) is 0 Å². The summed E-state index contributed by atoms with van der Waals surface area (Å²) in [5.74, 6) is -1.58. The first-order valence-corrected chi connectivity index (χ1v) is 7.09. The molecular weight excluding hydrogens is 304 g/mol. The number of amides is 1. The van der Waals surface area contributed by atoms with Gasteiger partial charge in [-0.1, -0.05) is 29.8 Å². The van der Waals surface area contributed by atoms with Gasteiger partial charge in [-0.2, -0.15) is 15.8 Å². The number of carbonyl (C=O) groups excluding carboxylic acids is 1. The fourth-order valence-corrected chi connectivity index (χ4v) is 3.76. The van der Waals surface area contributed by atoms with Crippen molar-refractivity contribution in [2.45, 2.75) is 12.8 Å². The highest BCUT2D eigenvalue weighted by Crippen LogP contribution is 2.80. The third-order valence-corrected chi connectivity index (χ3v) is 4.85. The Bertz CT molecular complexity index is 937. The number of fused-ring (bicyclic) bond motifs is 1. The fraction of sp³-hybridized carbons (Fsp3) is 0.235. The third-order valence-electron chi connectivity index (χ3n) is 4.85. The molecule has 1 saturated carbocycles. The molecule has 0 radical (unpaired) electrons. The van der Waals surface area contributed by atoms with Crippen LogP contribution in [0.4, 0.5) is 0 Å². The average molecular weight is 316 g/mol. The molecule has 1 fully saturated rings. The van der Waals surface area contributed by atoms with Gasteiger partial charge in [-0.05, 0) is 12.5 Å². The van der Waals surface area contributed by atoms with Gasteiger partial charge in [0.2, 0.25) is 5.91 Å². The number of hydrogen-bond donors (Lipinski definition) is 2. The Hall–Kier alpha value is -3.63. The summed E-state index contributed by atoms with van der Waals surface area (Å²) >= 11 is 0. The van der Waals surface area contributed by atoms with Gasteiger partial charge in [0.1, 0.15) is 28.8 Å². The second-order valence-electron chi connectivity index (χ2n) is 5.88. The van der Waals surface area contributed by atoms with Gasteiger partial charge in [0.25, 0.3) is 0 Å². The van der Waals surface area contributed by atoms with Gasteiger partial charge in [0.05, 0.1) is 11.8 Å². The highest BCUT2D eigenvalue weighted by molar-refractivity contribution is 6.17. The van der Waals surface area contributed by atoms with Crippen LogP contribution in [-0.4, -0.2) is 11.7 Å². The lowest BCUT2D eigenvalue weighted by Gasteiger charge is -2.10. The molecule has 1 aromatic rings. The van der Waals surface area contributed by atoms with Gasteiger partial charge in [0.15, 0.2) is 5.57 Å². The SMILES string of the molecule is Cc1ccc(C2C3(C#N)C(=C(C#N)C#N)N=C(N)C23C(N)=O)cc1. The molecule has 24 heavy (non-hydrogen) atoms. The molecule has 3 atom stereocenters. The van der Waals surface area contributed by atoms with Gasteiger partial charge >= 0.3 is 0 Å². The van der Waals surface area contributed by atoms with Crippen LogP contribution in [0.1, 0.15) is 17.0 Å². The number of nitrogens with zero attached hydrogens (tertiary/aromatic N) is 4. The molecule has 0 aromatic heterocycles. The minimum absolute atomic E-state index is 0.0723. The van der Waals surface area contributed by atoms with Gasteiger partial charge in [-0.15, -0.1) is 0 Å². The van der Waals surface area contributed by atoms with Gasteiger partial charge in [0, 0.05) is 5.92 Å². The minimum atomic E-state index is -1.52. The number of benzene rings is 1. The van der Waals surface area contributed by atoms with E-state index >= 15 is 0 Å². The van der Waals surface area contributed by atoms with Gasteiger partial charge in [-0.25, -0.2) is 4.99 Å². The Labute approximate surface area is 138 Å². The molecule has 4 N–H and O–H groups in total. The van der Waals surface area contributed by atoms with Crippen LogP contribution in [0.2, 0.25) is 0 Å². The number of nitrogens with two attached hydrogens (primary N) is 2. The first-order valence-electron chi connectivity index (χ1n) is 7.09. The van der Waals surface area contributed by atoms with E-state index in [-0.39, 0.29) is 17.1 Å². The Morgan fingerprint density at radius 3 is 2.25 bits per heavy atom. The lowest BCUT2D eigenvalue weighted by atomic mass is 9.90. The summed E-state index contributed by atoms with van der Waals surface area (Å²) in [7, 11) is 0. The second kappa shape index (κ2) is 4.68. The molecule has 1 aromatic carbocycles. The van der Waals surface area contributed by atoms with Crippen LogP contribution in [0.15, 0.2) is 40.5 Å². The molecule has 0 saturated heterocycles. The second-order valence-corrected chi connectivity index (χ2v) is 5.88. The van der Waals surface area contributed by atoms with Crippen molar-refractivity contribution in [3.63, 3.8) is 0 Å². The highest BCUT2D eigenvalue weighted by atomic mass is 16.1. The fourth-order valence-electron chi connectivity index (χ4n) is 3.76. The van der Waals surface area contributed by atoms with E-state index in [1.165, 1.54) is 0 Å². The maximum Gasteiger partial charge on any atom is 0.234 e. The lowest BCUT2D eigenvalue weighted by Crippen LogP contribution is -2.39. The molecule has 3 unspecified atom stereocenters. The van der Waals surface area contributed by atoms with Gasteiger partial charge < -0.3 is 11.5 Å². The average Bonchev–Trinajstić information content (AvgIpc) is 3.12. The molecule has 1 aliphatic heterocycles. The molecule has 2 aliphatic rings. The molecule has 3 rings (SSSR count). The summed E-state index contributed by atoms with van der Waals surface area (Å²) in [6.45, 7) is 1.91. The van der Waals surface area contributed by atoms with Crippen LogP contribution in [-0.2, 0) is 4.79 Å². The van der Waals surface area contributed by atoms with E-state index in [9.17, 15) is 10.1 Å². The maximum atomic E-state index is 12.3. The Balaban J connectivity index is 2.33. The van der Waals surface area contributed by atoms with Crippen molar-refractivity contribution >= 4 is 11.7 Å². The molecule has 1 aliphatic carbocycles. The van der Waals surface area contributed by atoms with E-state index < -0.39 is 22.7 Å². The zero-order valence-corrected chi connectivity index (χ0v) is 12.7. The molecule has 7 nitrogen and oxygen atoms in total. The molecule has 116 valence electrons. The molecule has 1 amide bonds. The number of primary amides is 1. The zero-order valence-electron chi connectivity index (χ0n) is 12.7. The van der Waals surface area contributed by atoms with Crippen molar-refractivity contribution in [1.29, 1.82) is 15.8 Å². The molecular formula is C17H12N6O. The topological polar surface area (TPSA) is 153 Å². The highest BCUT2D eigenvalue weighted by Gasteiger charge is 2.88. The monoisotopic (exact) mass is 316 g/mol. The number of nitriles is 3. The Kier molecular flexibility index (Phi) is 2.98. The van der Waals surface area contributed by atoms with E-state index in [2.05, 4.69) is 11.1 Å². The van der Waals surface area contributed by atoms with Crippen molar-refractivity contribution < 1.29 is 4.79 Å². The number of rotatable bonds is 2. The Morgan fingerprint density at radius 2 is 1.79 bits per heavy atom. The predicted octanol–water partition coefficient (Wildman–Crippen LogP) is 0.746. The van der Waals surface area contributed by atoms with Gasteiger partial charge in [-0.3, -0.25) is 4.79 Å². The first kappa shape index (κ1) is 15.3. The van der Waals surface area contributed by atoms with E-state index in [0.29, 0.717) is 5.56 Å². The van der Waals surface area contributed by atoms with E-state index in [1.807, 2.05) is 19.1 Å². The Morgan fingerprint density at radius 1 is 1.21 bits per heavy atom.